The fourth-order valence-electron chi connectivity index (χ4n) is 2.89. The van der Waals surface area contributed by atoms with Crippen molar-refractivity contribution >= 4 is 11.6 Å². The van der Waals surface area contributed by atoms with Crippen molar-refractivity contribution in [3.8, 4) is 11.5 Å². The molecule has 2 atom stereocenters. The Morgan fingerprint density at radius 3 is 2.70 bits per heavy atom. The first kappa shape index (κ1) is 15.4. The molecule has 0 amide bonds. The minimum atomic E-state index is 0.300. The van der Waals surface area contributed by atoms with Crippen molar-refractivity contribution in [3.63, 3.8) is 0 Å². The number of ether oxygens (including phenoxy) is 2. The van der Waals surface area contributed by atoms with Gasteiger partial charge < -0.3 is 15.2 Å². The molecule has 1 heterocycles. The number of hydrogen-bond acceptors (Lipinski definition) is 4. The van der Waals surface area contributed by atoms with Crippen LogP contribution >= 0.6 is 11.6 Å². The zero-order valence-corrected chi connectivity index (χ0v) is 13.1. The van der Waals surface area contributed by atoms with Gasteiger partial charge in [-0.15, -0.1) is 0 Å². The van der Waals surface area contributed by atoms with E-state index in [4.69, 9.17) is 26.8 Å². The van der Waals surface area contributed by atoms with E-state index in [1.165, 1.54) is 0 Å². The largest absolute Gasteiger partial charge is 0.495 e. The number of methoxy groups -OCH3 is 1. The summed E-state index contributed by atoms with van der Waals surface area (Å²) in [6.45, 7) is 4.32. The third-order valence-corrected chi connectivity index (χ3v) is 4.21. The van der Waals surface area contributed by atoms with Gasteiger partial charge in [0.2, 0.25) is 0 Å². The Balaban J connectivity index is 2.36. The van der Waals surface area contributed by atoms with Gasteiger partial charge in [-0.25, -0.2) is 0 Å². The van der Waals surface area contributed by atoms with Gasteiger partial charge in [-0.05, 0) is 38.9 Å². The highest BCUT2D eigenvalue weighted by atomic mass is 35.5. The van der Waals surface area contributed by atoms with Gasteiger partial charge in [0.25, 0.3) is 0 Å². The number of likely N-dealkylation sites (tertiary alicyclic amines) is 1. The number of halogens is 1. The molecule has 112 valence electrons. The minimum Gasteiger partial charge on any atom is -0.495 e. The summed E-state index contributed by atoms with van der Waals surface area (Å²) in [5, 5.41) is 0.621. The lowest BCUT2D eigenvalue weighted by Crippen LogP contribution is -2.21. The Bertz CT molecular complexity index is 467. The molecule has 0 radical (unpaired) electrons. The summed E-state index contributed by atoms with van der Waals surface area (Å²) in [5.41, 5.74) is 6.93. The van der Waals surface area contributed by atoms with Gasteiger partial charge in [0.15, 0.2) is 0 Å². The average molecular weight is 299 g/mol. The van der Waals surface area contributed by atoms with Crippen molar-refractivity contribution < 1.29 is 9.47 Å². The van der Waals surface area contributed by atoms with E-state index in [-0.39, 0.29) is 0 Å². The van der Waals surface area contributed by atoms with Gasteiger partial charge in [-0.1, -0.05) is 11.6 Å². The number of benzene rings is 1. The van der Waals surface area contributed by atoms with Gasteiger partial charge in [0.05, 0.1) is 18.7 Å². The third kappa shape index (κ3) is 3.03. The minimum absolute atomic E-state index is 0.300. The van der Waals surface area contributed by atoms with Crippen molar-refractivity contribution in [1.29, 1.82) is 0 Å². The van der Waals surface area contributed by atoms with Crippen LogP contribution in [0.15, 0.2) is 12.1 Å². The lowest BCUT2D eigenvalue weighted by Gasteiger charge is -2.23. The molecule has 1 aliphatic rings. The van der Waals surface area contributed by atoms with Crippen molar-refractivity contribution in [2.45, 2.75) is 19.4 Å². The Hall–Kier alpha value is -0.970. The lowest BCUT2D eigenvalue weighted by molar-refractivity contribution is 0.289. The maximum Gasteiger partial charge on any atom is 0.141 e. The van der Waals surface area contributed by atoms with Crippen LogP contribution in [-0.4, -0.2) is 38.8 Å². The maximum atomic E-state index is 6.27. The monoisotopic (exact) mass is 298 g/mol. The molecular formula is C15H23ClN2O2. The van der Waals surface area contributed by atoms with Gasteiger partial charge in [-0.3, -0.25) is 4.90 Å². The molecule has 1 aromatic rings. The molecule has 0 aliphatic carbocycles. The van der Waals surface area contributed by atoms with E-state index in [2.05, 4.69) is 11.9 Å². The van der Waals surface area contributed by atoms with Crippen LogP contribution in [0.3, 0.4) is 0 Å². The van der Waals surface area contributed by atoms with Crippen molar-refractivity contribution in [2.75, 3.05) is 33.9 Å². The van der Waals surface area contributed by atoms with Crippen LogP contribution in [0.5, 0.6) is 11.5 Å². The molecule has 20 heavy (non-hydrogen) atoms. The summed E-state index contributed by atoms with van der Waals surface area (Å²) in [4.78, 5) is 2.32. The summed E-state index contributed by atoms with van der Waals surface area (Å²) in [6, 6.07) is 4.14. The second kappa shape index (κ2) is 6.66. The van der Waals surface area contributed by atoms with Gasteiger partial charge in [-0.2, -0.15) is 0 Å². The van der Waals surface area contributed by atoms with Crippen LogP contribution in [0.2, 0.25) is 5.02 Å². The maximum absolute atomic E-state index is 6.27. The van der Waals surface area contributed by atoms with Crippen molar-refractivity contribution in [3.05, 3.63) is 22.7 Å². The average Bonchev–Trinajstić information content (AvgIpc) is 2.81. The van der Waals surface area contributed by atoms with Crippen molar-refractivity contribution in [2.24, 2.45) is 11.7 Å². The quantitative estimate of drug-likeness (QED) is 0.908. The standard InChI is InChI=1S/C15H23ClN2O2/c1-4-20-14-7-15(19-3)12(16)6-11(14)13-5-10(8-17)9-18(13)2/h6-7,10,13H,4-5,8-9,17H2,1-3H3. The first-order chi connectivity index (χ1) is 9.60. The molecule has 4 nitrogen and oxygen atoms in total. The van der Waals surface area contributed by atoms with E-state index in [9.17, 15) is 0 Å². The van der Waals surface area contributed by atoms with Gasteiger partial charge in [0, 0.05) is 24.2 Å². The van der Waals surface area contributed by atoms with E-state index < -0.39 is 0 Å². The number of nitrogens with two attached hydrogens (primary N) is 1. The number of hydrogen-bond donors (Lipinski definition) is 1. The van der Waals surface area contributed by atoms with E-state index in [1.54, 1.807) is 7.11 Å². The highest BCUT2D eigenvalue weighted by Gasteiger charge is 2.32. The summed E-state index contributed by atoms with van der Waals surface area (Å²) < 4.78 is 11.0. The van der Waals surface area contributed by atoms with Crippen LogP contribution in [0, 0.1) is 5.92 Å². The molecule has 5 heteroatoms. The highest BCUT2D eigenvalue weighted by Crippen LogP contribution is 2.42. The van der Waals surface area contributed by atoms with E-state index >= 15 is 0 Å². The van der Waals surface area contributed by atoms with Crippen LogP contribution < -0.4 is 15.2 Å². The van der Waals surface area contributed by atoms with Crippen LogP contribution in [0.4, 0.5) is 0 Å². The van der Waals surface area contributed by atoms with Gasteiger partial charge in [0.1, 0.15) is 11.5 Å². The van der Waals surface area contributed by atoms with Crippen LogP contribution in [0.1, 0.15) is 24.9 Å². The highest BCUT2D eigenvalue weighted by molar-refractivity contribution is 6.32. The smallest absolute Gasteiger partial charge is 0.141 e. The van der Waals surface area contributed by atoms with Crippen molar-refractivity contribution in [1.82, 2.24) is 4.90 Å². The fourth-order valence-corrected chi connectivity index (χ4v) is 3.14. The predicted molar refractivity (Wildman–Crippen MR) is 81.7 cm³/mol. The molecule has 0 aromatic heterocycles. The molecule has 2 N–H and O–H groups in total. The van der Waals surface area contributed by atoms with E-state index in [1.807, 2.05) is 19.1 Å². The SMILES string of the molecule is CCOc1cc(OC)c(Cl)cc1C1CC(CN)CN1C. The molecule has 0 saturated carbocycles. The third-order valence-electron chi connectivity index (χ3n) is 3.91. The summed E-state index contributed by atoms with van der Waals surface area (Å²) >= 11 is 6.27. The molecule has 1 aromatic carbocycles. The molecule has 2 rings (SSSR count). The van der Waals surface area contributed by atoms with E-state index in [0.29, 0.717) is 35.9 Å². The topological polar surface area (TPSA) is 47.7 Å². The Kier molecular flexibility index (Phi) is 5.13. The fraction of sp³-hybridized carbons (Fsp3) is 0.600. The summed E-state index contributed by atoms with van der Waals surface area (Å²) in [7, 11) is 3.73. The summed E-state index contributed by atoms with van der Waals surface area (Å²) in [6.07, 6.45) is 1.04. The Morgan fingerprint density at radius 2 is 2.15 bits per heavy atom. The molecule has 0 bridgehead atoms. The zero-order chi connectivity index (χ0) is 14.7. The normalized spacial score (nSPS) is 23.1. The first-order valence-electron chi connectivity index (χ1n) is 7.01. The molecule has 0 spiro atoms. The van der Waals surface area contributed by atoms with E-state index in [0.717, 1.165) is 24.3 Å². The molecule has 1 fully saturated rings. The lowest BCUT2D eigenvalue weighted by atomic mass is 9.99. The second-order valence-electron chi connectivity index (χ2n) is 5.25. The zero-order valence-electron chi connectivity index (χ0n) is 12.4. The number of rotatable bonds is 5. The molecular weight excluding hydrogens is 276 g/mol. The molecule has 1 saturated heterocycles. The summed E-state index contributed by atoms with van der Waals surface area (Å²) in [5.74, 6) is 2.03. The molecule has 2 unspecified atom stereocenters. The van der Waals surface area contributed by atoms with Crippen LogP contribution in [-0.2, 0) is 0 Å². The first-order valence-corrected chi connectivity index (χ1v) is 7.39. The Labute approximate surface area is 125 Å². The van der Waals surface area contributed by atoms with Crippen LogP contribution in [0.25, 0.3) is 0 Å². The second-order valence-corrected chi connectivity index (χ2v) is 5.66. The molecule has 1 aliphatic heterocycles. The Morgan fingerprint density at radius 1 is 1.40 bits per heavy atom. The predicted octanol–water partition coefficient (Wildman–Crippen LogP) is 2.70. The van der Waals surface area contributed by atoms with Gasteiger partial charge >= 0.3 is 0 Å². The number of nitrogens with zero attached hydrogens (tertiary/aromatic N) is 1.